The molecular weight excluding hydrogens is 290 g/mol. The molecule has 1 aromatic carbocycles. The second kappa shape index (κ2) is 6.72. The molecule has 0 radical (unpaired) electrons. The van der Waals surface area contributed by atoms with Crippen LogP contribution in [0.1, 0.15) is 24.8 Å². The number of aromatic amines is 1. The van der Waals surface area contributed by atoms with Gasteiger partial charge in [-0.25, -0.2) is 0 Å². The number of nitrogens with zero attached hydrogens (tertiary/aromatic N) is 1. The first kappa shape index (κ1) is 16.0. The van der Waals surface area contributed by atoms with E-state index < -0.39 is 5.41 Å². The number of primary amides is 1. The van der Waals surface area contributed by atoms with Gasteiger partial charge in [0.1, 0.15) is 0 Å². The lowest BCUT2D eigenvalue weighted by molar-refractivity contribution is -0.132. The number of fused-ring (bicyclic) bond motifs is 1. The molecule has 1 amide bonds. The van der Waals surface area contributed by atoms with Crippen molar-refractivity contribution in [3.8, 4) is 0 Å². The van der Waals surface area contributed by atoms with E-state index in [2.05, 4.69) is 34.1 Å². The van der Waals surface area contributed by atoms with E-state index in [1.54, 1.807) is 7.11 Å². The number of benzene rings is 1. The Kier molecular flexibility index (Phi) is 4.68. The maximum Gasteiger partial charge on any atom is 0.225 e. The Balaban J connectivity index is 1.73. The average molecular weight is 315 g/mol. The van der Waals surface area contributed by atoms with E-state index in [-0.39, 0.29) is 5.91 Å². The van der Waals surface area contributed by atoms with Gasteiger partial charge < -0.3 is 15.5 Å². The molecule has 3 N–H and O–H groups in total. The molecule has 2 heterocycles. The number of hydrogen-bond acceptors (Lipinski definition) is 3. The molecule has 0 saturated carbocycles. The first-order chi connectivity index (χ1) is 11.1. The number of nitrogens with two attached hydrogens (primary N) is 1. The van der Waals surface area contributed by atoms with E-state index in [1.165, 1.54) is 10.9 Å². The number of nitrogens with one attached hydrogen (secondary N) is 1. The van der Waals surface area contributed by atoms with Gasteiger partial charge in [0.05, 0.1) is 5.41 Å². The zero-order valence-electron chi connectivity index (χ0n) is 13.7. The Morgan fingerprint density at radius 3 is 3.09 bits per heavy atom. The summed E-state index contributed by atoms with van der Waals surface area (Å²) >= 11 is 0. The number of likely N-dealkylation sites (tertiary alicyclic amines) is 1. The van der Waals surface area contributed by atoms with E-state index >= 15 is 0 Å². The molecule has 0 spiro atoms. The van der Waals surface area contributed by atoms with E-state index in [0.29, 0.717) is 19.6 Å². The molecule has 124 valence electrons. The van der Waals surface area contributed by atoms with Gasteiger partial charge in [-0.3, -0.25) is 9.69 Å². The molecule has 23 heavy (non-hydrogen) atoms. The fourth-order valence-electron chi connectivity index (χ4n) is 3.64. The van der Waals surface area contributed by atoms with Crippen LogP contribution in [0, 0.1) is 5.41 Å². The zero-order chi connectivity index (χ0) is 16.3. The van der Waals surface area contributed by atoms with E-state index in [4.69, 9.17) is 10.5 Å². The summed E-state index contributed by atoms with van der Waals surface area (Å²) in [6.45, 7) is 3.14. The third kappa shape index (κ3) is 3.41. The van der Waals surface area contributed by atoms with Crippen LogP contribution < -0.4 is 5.73 Å². The van der Waals surface area contributed by atoms with Crippen molar-refractivity contribution in [1.29, 1.82) is 0 Å². The van der Waals surface area contributed by atoms with Crippen molar-refractivity contribution < 1.29 is 9.53 Å². The molecule has 5 nitrogen and oxygen atoms in total. The number of rotatable bonds is 6. The Hall–Kier alpha value is -1.85. The summed E-state index contributed by atoms with van der Waals surface area (Å²) in [6.07, 6.45) is 4.51. The van der Waals surface area contributed by atoms with E-state index in [0.717, 1.165) is 31.4 Å². The molecule has 0 aliphatic carbocycles. The molecule has 1 unspecified atom stereocenters. The lowest BCUT2D eigenvalue weighted by Gasteiger charge is -2.40. The number of aromatic nitrogens is 1. The van der Waals surface area contributed by atoms with Crippen LogP contribution in [-0.4, -0.2) is 42.6 Å². The van der Waals surface area contributed by atoms with Crippen molar-refractivity contribution >= 4 is 16.8 Å². The maximum atomic E-state index is 12.1. The van der Waals surface area contributed by atoms with Crippen LogP contribution in [0.25, 0.3) is 10.9 Å². The highest BCUT2D eigenvalue weighted by molar-refractivity contribution is 5.81. The first-order valence-corrected chi connectivity index (χ1v) is 8.20. The number of carbonyl (C=O) groups excluding carboxylic acids is 1. The Morgan fingerprint density at radius 2 is 2.30 bits per heavy atom. The van der Waals surface area contributed by atoms with Crippen molar-refractivity contribution in [2.24, 2.45) is 11.1 Å². The van der Waals surface area contributed by atoms with Crippen LogP contribution in [0.4, 0.5) is 0 Å². The van der Waals surface area contributed by atoms with Gasteiger partial charge in [0.25, 0.3) is 0 Å². The van der Waals surface area contributed by atoms with Crippen LogP contribution >= 0.6 is 0 Å². The minimum Gasteiger partial charge on any atom is -0.385 e. The number of ether oxygens (including phenoxy) is 1. The Labute approximate surface area is 136 Å². The molecular formula is C18H25N3O2. The van der Waals surface area contributed by atoms with Crippen molar-refractivity contribution in [1.82, 2.24) is 9.88 Å². The van der Waals surface area contributed by atoms with Crippen LogP contribution in [0.3, 0.4) is 0 Å². The predicted molar refractivity (Wildman–Crippen MR) is 90.9 cm³/mol. The number of hydrogen-bond donors (Lipinski definition) is 2. The maximum absolute atomic E-state index is 12.1. The molecule has 1 aromatic heterocycles. The molecule has 0 bridgehead atoms. The lowest BCUT2D eigenvalue weighted by atomic mass is 9.76. The van der Waals surface area contributed by atoms with Gasteiger partial charge in [-0.2, -0.15) is 0 Å². The van der Waals surface area contributed by atoms with Gasteiger partial charge in [-0.1, -0.05) is 12.1 Å². The summed E-state index contributed by atoms with van der Waals surface area (Å²) in [5, 5.41) is 1.22. The molecule has 5 heteroatoms. The standard InChI is InChI=1S/C18H25N3O2/c1-23-10-7-18(17(19)22)6-2-9-21(13-18)12-14-3-4-15-5-8-20-16(15)11-14/h3-5,8,11,20H,2,6-7,9-10,12-13H2,1H3,(H2,19,22). The first-order valence-electron chi connectivity index (χ1n) is 8.20. The number of H-pyrrole nitrogens is 1. The van der Waals surface area contributed by atoms with Crippen molar-refractivity contribution in [3.63, 3.8) is 0 Å². The summed E-state index contributed by atoms with van der Waals surface area (Å²) in [4.78, 5) is 17.6. The van der Waals surface area contributed by atoms with Gasteiger partial charge in [-0.15, -0.1) is 0 Å². The predicted octanol–water partition coefficient (Wildman–Crippen LogP) is 2.27. The lowest BCUT2D eigenvalue weighted by Crippen LogP contribution is -2.50. The van der Waals surface area contributed by atoms with Crippen LogP contribution in [0.15, 0.2) is 30.5 Å². The molecule has 1 aliphatic rings. The summed E-state index contributed by atoms with van der Waals surface area (Å²) in [5.74, 6) is -0.195. The van der Waals surface area contributed by atoms with Crippen molar-refractivity contribution in [2.45, 2.75) is 25.8 Å². The largest absolute Gasteiger partial charge is 0.385 e. The van der Waals surface area contributed by atoms with Crippen LogP contribution in [0.2, 0.25) is 0 Å². The highest BCUT2D eigenvalue weighted by Crippen LogP contribution is 2.34. The highest BCUT2D eigenvalue weighted by atomic mass is 16.5. The Morgan fingerprint density at radius 1 is 1.43 bits per heavy atom. The van der Waals surface area contributed by atoms with Gasteiger partial charge in [0, 0.05) is 38.5 Å². The summed E-state index contributed by atoms with van der Waals surface area (Å²) in [5.41, 5.74) is 7.69. The summed E-state index contributed by atoms with van der Waals surface area (Å²) in [7, 11) is 1.67. The quantitative estimate of drug-likeness (QED) is 0.859. The van der Waals surface area contributed by atoms with Gasteiger partial charge >= 0.3 is 0 Å². The highest BCUT2D eigenvalue weighted by Gasteiger charge is 2.40. The molecule has 3 rings (SSSR count). The topological polar surface area (TPSA) is 71.3 Å². The third-order valence-electron chi connectivity index (χ3n) is 4.99. The summed E-state index contributed by atoms with van der Waals surface area (Å²) < 4.78 is 5.18. The molecule has 1 saturated heterocycles. The second-order valence-corrected chi connectivity index (χ2v) is 6.60. The molecule has 2 aromatic rings. The Bertz CT molecular complexity index is 682. The number of methoxy groups -OCH3 is 1. The van der Waals surface area contributed by atoms with Gasteiger partial charge in [-0.05, 0) is 48.9 Å². The smallest absolute Gasteiger partial charge is 0.225 e. The molecule has 1 atom stereocenters. The van der Waals surface area contributed by atoms with E-state index in [1.807, 2.05) is 6.20 Å². The monoisotopic (exact) mass is 315 g/mol. The van der Waals surface area contributed by atoms with Gasteiger partial charge in [0.15, 0.2) is 0 Å². The fourth-order valence-corrected chi connectivity index (χ4v) is 3.64. The minimum absolute atomic E-state index is 0.195. The zero-order valence-corrected chi connectivity index (χ0v) is 13.7. The third-order valence-corrected chi connectivity index (χ3v) is 4.99. The SMILES string of the molecule is COCCC1(C(N)=O)CCCN(Cc2ccc3cc[nH]c3c2)C1. The van der Waals surface area contributed by atoms with Crippen molar-refractivity contribution in [3.05, 3.63) is 36.0 Å². The minimum atomic E-state index is -0.454. The van der Waals surface area contributed by atoms with Crippen LogP contribution in [-0.2, 0) is 16.1 Å². The fraction of sp³-hybridized carbons (Fsp3) is 0.500. The van der Waals surface area contributed by atoms with Crippen molar-refractivity contribution in [2.75, 3.05) is 26.8 Å². The summed E-state index contributed by atoms with van der Waals surface area (Å²) in [6, 6.07) is 8.55. The van der Waals surface area contributed by atoms with E-state index in [9.17, 15) is 4.79 Å². The number of carbonyl (C=O) groups is 1. The normalized spacial score (nSPS) is 22.5. The molecule has 1 fully saturated rings. The second-order valence-electron chi connectivity index (χ2n) is 6.60. The molecule has 1 aliphatic heterocycles. The van der Waals surface area contributed by atoms with Crippen LogP contribution in [0.5, 0.6) is 0 Å². The number of amides is 1. The van der Waals surface area contributed by atoms with Gasteiger partial charge in [0.2, 0.25) is 5.91 Å². The average Bonchev–Trinajstić information content (AvgIpc) is 3.01. The number of piperidine rings is 1.